The lowest BCUT2D eigenvalue weighted by atomic mass is 10.3. The fraction of sp³-hybridized carbons (Fsp3) is 0.143. The van der Waals surface area contributed by atoms with Gasteiger partial charge in [-0.25, -0.2) is 10.9 Å². The number of hydrogen-bond donors (Lipinski definition) is 2. The van der Waals surface area contributed by atoms with Gasteiger partial charge in [0.1, 0.15) is 0 Å². The van der Waals surface area contributed by atoms with Crippen molar-refractivity contribution in [1.82, 2.24) is 0 Å². The zero-order valence-electron chi connectivity index (χ0n) is 7.76. The smallest absolute Gasteiger partial charge is 0.328 e. The van der Waals surface area contributed by atoms with E-state index in [-0.39, 0.29) is 10.7 Å². The van der Waals surface area contributed by atoms with Crippen molar-refractivity contribution in [3.05, 3.63) is 40.4 Å². The number of benzene rings is 1. The first kappa shape index (κ1) is 14.0. The molecule has 0 radical (unpaired) electrons. The molecule has 0 amide bonds. The minimum atomic E-state index is -4.53. The second-order valence-corrected chi connectivity index (χ2v) is 2.41. The molecule has 0 spiro atoms. The average Bonchev–Trinajstić information content (AvgIpc) is 2.16. The lowest BCUT2D eigenvalue weighted by Crippen LogP contribution is -2.43. The fourth-order valence-electron chi connectivity index (χ4n) is 0.735. The molecular weight excluding hydrogens is 231 g/mol. The molecule has 0 aliphatic rings. The lowest BCUT2D eigenvalue weighted by molar-refractivity contribution is -0.742. The molecular formula is C7H8F3N3O3. The van der Waals surface area contributed by atoms with Crippen LogP contribution in [0.2, 0.25) is 0 Å². The molecule has 16 heavy (non-hydrogen) atoms. The second kappa shape index (κ2) is 5.75. The van der Waals surface area contributed by atoms with Gasteiger partial charge in [-0.05, 0) is 12.1 Å². The molecule has 1 rings (SSSR count). The van der Waals surface area contributed by atoms with Crippen molar-refractivity contribution in [3.63, 3.8) is 0 Å². The summed E-state index contributed by atoms with van der Waals surface area (Å²) >= 11 is 0. The third-order valence-corrected chi connectivity index (χ3v) is 1.31. The highest BCUT2D eigenvalue weighted by atomic mass is 19.4. The monoisotopic (exact) mass is 239 g/mol. The highest BCUT2D eigenvalue weighted by molar-refractivity contribution is 5.44. The van der Waals surface area contributed by atoms with Crippen molar-refractivity contribution in [3.8, 4) is 0 Å². The molecule has 0 aliphatic heterocycles. The fourth-order valence-corrected chi connectivity index (χ4v) is 0.735. The summed E-state index contributed by atoms with van der Waals surface area (Å²) in [6.07, 6.45) is -4.53. The summed E-state index contributed by atoms with van der Waals surface area (Å²) in [6.45, 7) is 0. The van der Waals surface area contributed by atoms with Crippen LogP contribution in [-0.4, -0.2) is 16.6 Å². The zero-order chi connectivity index (χ0) is 12.8. The van der Waals surface area contributed by atoms with E-state index in [1.807, 2.05) is 0 Å². The summed E-state index contributed by atoms with van der Waals surface area (Å²) in [5.41, 5.74) is -0.0787. The standard InChI is InChI=1S/C7H7F3N2.HNO3/c8-7(9,10)12(11)6-4-2-1-3-5-6;2-1(3)4/h1-5H,11H2;(H,2,3,4). The molecule has 3 N–H and O–H groups in total. The molecule has 0 unspecified atom stereocenters. The molecule has 0 bridgehead atoms. The zero-order valence-corrected chi connectivity index (χ0v) is 7.76. The predicted molar refractivity (Wildman–Crippen MR) is 47.9 cm³/mol. The van der Waals surface area contributed by atoms with Gasteiger partial charge in [0.2, 0.25) is 0 Å². The second-order valence-electron chi connectivity index (χ2n) is 2.41. The predicted octanol–water partition coefficient (Wildman–Crippen LogP) is 1.54. The van der Waals surface area contributed by atoms with E-state index in [9.17, 15) is 13.2 Å². The molecule has 0 fully saturated rings. The van der Waals surface area contributed by atoms with Crippen LogP contribution < -0.4 is 10.9 Å². The molecule has 1 aromatic carbocycles. The summed E-state index contributed by atoms with van der Waals surface area (Å²) in [5, 5.41) is 13.4. The Morgan fingerprint density at radius 3 is 2.00 bits per heavy atom. The van der Waals surface area contributed by atoms with Gasteiger partial charge < -0.3 is 5.21 Å². The van der Waals surface area contributed by atoms with E-state index in [0.717, 1.165) is 0 Å². The van der Waals surface area contributed by atoms with Crippen molar-refractivity contribution >= 4 is 5.69 Å². The minimum absolute atomic E-state index is 0.0787. The van der Waals surface area contributed by atoms with Crippen molar-refractivity contribution in [1.29, 1.82) is 0 Å². The first-order chi connectivity index (χ1) is 7.25. The summed E-state index contributed by atoms with van der Waals surface area (Å²) in [4.78, 5) is 8.36. The van der Waals surface area contributed by atoms with Gasteiger partial charge in [-0.2, -0.15) is 0 Å². The molecule has 0 saturated heterocycles. The molecule has 6 nitrogen and oxygen atoms in total. The maximum atomic E-state index is 11.9. The van der Waals surface area contributed by atoms with Crippen molar-refractivity contribution < 1.29 is 23.5 Å². The molecule has 0 aromatic heterocycles. The number of para-hydroxylation sites is 1. The van der Waals surface area contributed by atoms with Crippen molar-refractivity contribution in [2.45, 2.75) is 6.30 Å². The molecule has 90 valence electrons. The maximum absolute atomic E-state index is 11.9. The van der Waals surface area contributed by atoms with Gasteiger partial charge in [-0.1, -0.05) is 18.2 Å². The third-order valence-electron chi connectivity index (χ3n) is 1.31. The molecule has 0 aliphatic carbocycles. The number of nitrogens with two attached hydrogens (primary N) is 1. The van der Waals surface area contributed by atoms with E-state index in [1.54, 1.807) is 6.07 Å². The number of rotatable bonds is 1. The van der Waals surface area contributed by atoms with E-state index in [1.165, 1.54) is 24.3 Å². The number of nitrogens with zero attached hydrogens (tertiary/aromatic N) is 2. The normalized spacial score (nSPS) is 10.0. The first-order valence-electron chi connectivity index (χ1n) is 3.75. The van der Waals surface area contributed by atoms with Crippen LogP contribution in [0.25, 0.3) is 0 Å². The summed E-state index contributed by atoms with van der Waals surface area (Å²) < 4.78 is 35.8. The number of halogens is 3. The maximum Gasteiger partial charge on any atom is 0.498 e. The molecule has 9 heteroatoms. The molecule has 0 heterocycles. The summed E-state index contributed by atoms with van der Waals surface area (Å²) in [5.74, 6) is 4.78. The van der Waals surface area contributed by atoms with Crippen LogP contribution in [0, 0.1) is 10.1 Å². The van der Waals surface area contributed by atoms with E-state index in [4.69, 9.17) is 21.2 Å². The van der Waals surface area contributed by atoms with Gasteiger partial charge in [0.15, 0.2) is 0 Å². The van der Waals surface area contributed by atoms with Crippen molar-refractivity contribution in [2.75, 3.05) is 5.01 Å². The minimum Gasteiger partial charge on any atom is -0.328 e. The Labute approximate surface area is 87.8 Å². The number of hydrogen-bond acceptors (Lipinski definition) is 4. The Kier molecular flexibility index (Phi) is 5.02. The molecule has 0 atom stereocenters. The van der Waals surface area contributed by atoms with Gasteiger partial charge in [0.05, 0.1) is 5.69 Å². The van der Waals surface area contributed by atoms with Crippen LogP contribution in [0.15, 0.2) is 30.3 Å². The quantitative estimate of drug-likeness (QED) is 0.335. The summed E-state index contributed by atoms with van der Waals surface area (Å²) in [6, 6.07) is 7.16. The summed E-state index contributed by atoms with van der Waals surface area (Å²) in [7, 11) is 0. The highest BCUT2D eigenvalue weighted by Crippen LogP contribution is 2.23. The number of alkyl halides is 3. The van der Waals surface area contributed by atoms with E-state index in [2.05, 4.69) is 0 Å². The van der Waals surface area contributed by atoms with Crippen LogP contribution in [0.1, 0.15) is 0 Å². The van der Waals surface area contributed by atoms with E-state index < -0.39 is 11.4 Å². The van der Waals surface area contributed by atoms with E-state index in [0.29, 0.717) is 0 Å². The largest absolute Gasteiger partial charge is 0.498 e. The topological polar surface area (TPSA) is 92.6 Å². The Morgan fingerprint density at radius 2 is 1.69 bits per heavy atom. The molecule has 1 aromatic rings. The van der Waals surface area contributed by atoms with Crippen LogP contribution in [0.5, 0.6) is 0 Å². The van der Waals surface area contributed by atoms with Gasteiger partial charge in [0, 0.05) is 0 Å². The Hall–Kier alpha value is -2.03. The first-order valence-corrected chi connectivity index (χ1v) is 3.75. The van der Waals surface area contributed by atoms with Gasteiger partial charge in [-0.3, -0.25) is 0 Å². The van der Waals surface area contributed by atoms with E-state index >= 15 is 0 Å². The highest BCUT2D eigenvalue weighted by Gasteiger charge is 2.35. The molecule has 0 saturated carbocycles. The van der Waals surface area contributed by atoms with Gasteiger partial charge >= 0.3 is 6.30 Å². The van der Waals surface area contributed by atoms with Gasteiger partial charge in [-0.15, -0.1) is 23.3 Å². The van der Waals surface area contributed by atoms with Crippen LogP contribution >= 0.6 is 0 Å². The van der Waals surface area contributed by atoms with Gasteiger partial charge in [0.25, 0.3) is 5.09 Å². The van der Waals surface area contributed by atoms with Crippen LogP contribution in [-0.2, 0) is 0 Å². The Bertz CT molecular complexity index is 327. The Balaban J connectivity index is 0.000000487. The lowest BCUT2D eigenvalue weighted by Gasteiger charge is -2.20. The average molecular weight is 239 g/mol. The van der Waals surface area contributed by atoms with Crippen molar-refractivity contribution in [2.24, 2.45) is 5.84 Å². The Morgan fingerprint density at radius 1 is 1.31 bits per heavy atom. The van der Waals surface area contributed by atoms with Crippen LogP contribution in [0.4, 0.5) is 18.9 Å². The number of anilines is 1. The SMILES string of the molecule is NN(c1ccccc1)C(F)(F)F.O=[N+]([O-])O. The van der Waals surface area contributed by atoms with Crippen LogP contribution in [0.3, 0.4) is 0 Å². The third kappa shape index (κ3) is 5.65. The number of hydrazine groups is 1.